The molecule has 0 aliphatic carbocycles. The quantitative estimate of drug-likeness (QED) is 0.563. The molecule has 1 fully saturated rings. The maximum atomic E-state index is 13.2. The number of carbonyl (C=O) groups excluding carboxylic acids is 4. The van der Waals surface area contributed by atoms with Gasteiger partial charge >= 0.3 is 0 Å². The van der Waals surface area contributed by atoms with Crippen LogP contribution in [-0.2, 0) is 9.59 Å². The molecule has 0 saturated carbocycles. The van der Waals surface area contributed by atoms with Crippen molar-refractivity contribution >= 4 is 34.5 Å². The molecular formula is C23H19N2O6-. The molecule has 3 heterocycles. The van der Waals surface area contributed by atoms with Gasteiger partial charge in [0.15, 0.2) is 0 Å². The van der Waals surface area contributed by atoms with Crippen molar-refractivity contribution in [2.24, 2.45) is 11.8 Å². The Kier molecular flexibility index (Phi) is 4.07. The Hall–Kier alpha value is -3.52. The molecule has 5 rings (SSSR count). The second-order valence-electron chi connectivity index (χ2n) is 8.32. The van der Waals surface area contributed by atoms with Gasteiger partial charge in [-0.2, -0.15) is 0 Å². The number of hydrogen-bond donors (Lipinski definition) is 1. The monoisotopic (exact) mass is 419 g/mol. The zero-order valence-electron chi connectivity index (χ0n) is 16.9. The van der Waals surface area contributed by atoms with Gasteiger partial charge in [0.2, 0.25) is 5.91 Å². The van der Waals surface area contributed by atoms with Gasteiger partial charge in [-0.05, 0) is 30.0 Å². The minimum atomic E-state index is -1.54. The molecule has 8 heteroatoms. The number of amides is 3. The Morgan fingerprint density at radius 1 is 1.10 bits per heavy atom. The number of aliphatic hydroxyl groups excluding tert-OH is 1. The van der Waals surface area contributed by atoms with Crippen molar-refractivity contribution in [3.63, 3.8) is 0 Å². The minimum absolute atomic E-state index is 0.264. The summed E-state index contributed by atoms with van der Waals surface area (Å²) in [6.07, 6.45) is -0.943. The summed E-state index contributed by atoms with van der Waals surface area (Å²) in [5.41, 5.74) is 0.706. The van der Waals surface area contributed by atoms with E-state index >= 15 is 0 Å². The molecule has 31 heavy (non-hydrogen) atoms. The molecule has 3 aliphatic heterocycles. The number of carboxylic acids is 1. The van der Waals surface area contributed by atoms with Gasteiger partial charge in [-0.25, -0.2) is 0 Å². The molecule has 0 unspecified atom stereocenters. The summed E-state index contributed by atoms with van der Waals surface area (Å²) >= 11 is 0. The number of fused-ring (bicyclic) bond motifs is 1. The topological polar surface area (TPSA) is 118 Å². The fraction of sp³-hybridized carbons (Fsp3) is 0.304. The average molecular weight is 419 g/mol. The number of carbonyl (C=O) groups is 4. The molecule has 8 nitrogen and oxygen atoms in total. The summed E-state index contributed by atoms with van der Waals surface area (Å²) in [5.74, 6) is -4.25. The second kappa shape index (κ2) is 6.49. The lowest BCUT2D eigenvalue weighted by atomic mass is 9.77. The van der Waals surface area contributed by atoms with Gasteiger partial charge in [-0.1, -0.05) is 31.2 Å². The number of β-lactam (4-membered cyclic amide) rings is 1. The van der Waals surface area contributed by atoms with E-state index in [1.165, 1.54) is 6.92 Å². The first kappa shape index (κ1) is 19.4. The fourth-order valence-electron chi connectivity index (χ4n) is 5.24. The summed E-state index contributed by atoms with van der Waals surface area (Å²) in [4.78, 5) is 53.0. The number of aliphatic hydroxyl groups is 1. The third-order valence-electron chi connectivity index (χ3n) is 6.69. The molecule has 0 aromatic heterocycles. The van der Waals surface area contributed by atoms with Gasteiger partial charge in [0.05, 0.1) is 36.3 Å². The number of hydrogen-bond acceptors (Lipinski definition) is 6. The number of imide groups is 1. The number of benzene rings is 2. The summed E-state index contributed by atoms with van der Waals surface area (Å²) in [6.45, 7) is 2.95. The van der Waals surface area contributed by atoms with Gasteiger partial charge in [0, 0.05) is 22.4 Å². The highest BCUT2D eigenvalue weighted by Gasteiger charge is 2.58. The van der Waals surface area contributed by atoms with Crippen molar-refractivity contribution in [3.05, 3.63) is 58.8 Å². The standard InChI is InChI=1S/C23H20N2O6/c1-10-15(19(23(30)31)25-18(10)16(11(2)26)22(25)29)9-24-20(27)13-7-3-5-12-6-4-8-14(17(12)13)21(24)28/h3-8,10-11,16,18,26H,9H2,1-2H3,(H,30,31)/p-1/t10-,11+,16+,18+/m0/s1. The first-order valence-electron chi connectivity index (χ1n) is 10.1. The largest absolute Gasteiger partial charge is 0.543 e. The molecule has 3 amide bonds. The van der Waals surface area contributed by atoms with E-state index in [9.17, 15) is 29.4 Å². The van der Waals surface area contributed by atoms with E-state index in [-0.39, 0.29) is 17.8 Å². The van der Waals surface area contributed by atoms with Crippen molar-refractivity contribution in [3.8, 4) is 0 Å². The fourth-order valence-corrected chi connectivity index (χ4v) is 5.24. The van der Waals surface area contributed by atoms with Crippen LogP contribution in [0.25, 0.3) is 10.8 Å². The Bertz CT molecular complexity index is 1180. The predicted molar refractivity (Wildman–Crippen MR) is 106 cm³/mol. The van der Waals surface area contributed by atoms with E-state index in [2.05, 4.69) is 0 Å². The maximum absolute atomic E-state index is 13.2. The van der Waals surface area contributed by atoms with Crippen LogP contribution in [0.1, 0.15) is 34.6 Å². The van der Waals surface area contributed by atoms with Crippen molar-refractivity contribution in [1.29, 1.82) is 0 Å². The molecule has 0 radical (unpaired) electrons. The molecule has 1 saturated heterocycles. The zero-order chi connectivity index (χ0) is 22.2. The lowest BCUT2D eigenvalue weighted by Gasteiger charge is -2.47. The summed E-state index contributed by atoms with van der Waals surface area (Å²) < 4.78 is 0. The van der Waals surface area contributed by atoms with Gasteiger partial charge < -0.3 is 19.9 Å². The van der Waals surface area contributed by atoms with Crippen LogP contribution in [0.2, 0.25) is 0 Å². The van der Waals surface area contributed by atoms with E-state index in [1.807, 2.05) is 12.1 Å². The van der Waals surface area contributed by atoms with Gasteiger partial charge in [-0.3, -0.25) is 19.3 Å². The lowest BCUT2D eigenvalue weighted by Crippen LogP contribution is -2.64. The molecule has 2 aromatic carbocycles. The van der Waals surface area contributed by atoms with E-state index in [0.29, 0.717) is 16.5 Å². The Balaban J connectivity index is 1.57. The van der Waals surface area contributed by atoms with E-state index in [4.69, 9.17) is 0 Å². The highest BCUT2D eigenvalue weighted by Crippen LogP contribution is 2.47. The molecule has 3 aliphatic rings. The average Bonchev–Trinajstić information content (AvgIpc) is 2.97. The van der Waals surface area contributed by atoms with Crippen LogP contribution in [0.15, 0.2) is 47.7 Å². The molecule has 0 bridgehead atoms. The third-order valence-corrected chi connectivity index (χ3v) is 6.69. The Morgan fingerprint density at radius 3 is 2.19 bits per heavy atom. The van der Waals surface area contributed by atoms with Gasteiger partial charge in [0.25, 0.3) is 11.8 Å². The number of carboxylic acid groups (broad SMARTS) is 1. The van der Waals surface area contributed by atoms with E-state index in [1.54, 1.807) is 31.2 Å². The number of aliphatic carboxylic acids is 1. The van der Waals surface area contributed by atoms with E-state index < -0.39 is 47.7 Å². The third kappa shape index (κ3) is 2.45. The van der Waals surface area contributed by atoms with Crippen LogP contribution in [0, 0.1) is 11.8 Å². The van der Waals surface area contributed by atoms with Crippen molar-refractivity contribution in [2.45, 2.75) is 26.0 Å². The first-order valence-corrected chi connectivity index (χ1v) is 10.1. The SMILES string of the molecule is C[C@@H](O)[C@H]1C(=O)N2C(C(=O)[O-])=C(CN3C(=O)c4cccc5cccc(c45)C3=O)[C@H](C)[C@H]12. The number of rotatable bonds is 4. The second-order valence-corrected chi connectivity index (χ2v) is 8.32. The van der Waals surface area contributed by atoms with Gasteiger partial charge in [-0.15, -0.1) is 0 Å². The Morgan fingerprint density at radius 2 is 1.68 bits per heavy atom. The van der Waals surface area contributed by atoms with Gasteiger partial charge in [0.1, 0.15) is 0 Å². The summed E-state index contributed by atoms with van der Waals surface area (Å²) in [7, 11) is 0. The van der Waals surface area contributed by atoms with Crippen molar-refractivity contribution in [2.75, 3.05) is 6.54 Å². The molecule has 1 N–H and O–H groups in total. The van der Waals surface area contributed by atoms with Crippen LogP contribution in [0.5, 0.6) is 0 Å². The van der Waals surface area contributed by atoms with Crippen LogP contribution < -0.4 is 5.11 Å². The van der Waals surface area contributed by atoms with Crippen LogP contribution >= 0.6 is 0 Å². The molecule has 158 valence electrons. The highest BCUT2D eigenvalue weighted by atomic mass is 16.4. The summed E-state index contributed by atoms with van der Waals surface area (Å²) in [6, 6.07) is 9.84. The lowest BCUT2D eigenvalue weighted by molar-refractivity contribution is -0.301. The van der Waals surface area contributed by atoms with E-state index in [0.717, 1.165) is 15.2 Å². The van der Waals surface area contributed by atoms with Crippen LogP contribution in [0.3, 0.4) is 0 Å². The predicted octanol–water partition coefficient (Wildman–Crippen LogP) is 0.297. The molecular weight excluding hydrogens is 400 g/mol. The van der Waals surface area contributed by atoms with Crippen molar-refractivity contribution in [1.82, 2.24) is 9.80 Å². The molecule has 0 spiro atoms. The maximum Gasteiger partial charge on any atom is 0.261 e. The molecule has 2 aromatic rings. The highest BCUT2D eigenvalue weighted by molar-refractivity contribution is 6.25. The number of nitrogens with zero attached hydrogens (tertiary/aromatic N) is 2. The normalized spacial score (nSPS) is 25.8. The zero-order valence-corrected chi connectivity index (χ0v) is 16.9. The summed E-state index contributed by atoms with van der Waals surface area (Å²) in [5, 5.41) is 23.2. The smallest absolute Gasteiger partial charge is 0.261 e. The molecule has 4 atom stereocenters. The first-order chi connectivity index (χ1) is 14.7. The van der Waals surface area contributed by atoms with Crippen LogP contribution in [-0.4, -0.2) is 57.3 Å². The van der Waals surface area contributed by atoms with Crippen molar-refractivity contribution < 1.29 is 29.4 Å². The van der Waals surface area contributed by atoms with Crippen LogP contribution in [0.4, 0.5) is 0 Å². The minimum Gasteiger partial charge on any atom is -0.543 e. The Labute approximate surface area is 177 Å².